The Kier molecular flexibility index (Phi) is 6.67. The van der Waals surface area contributed by atoms with Gasteiger partial charge in [0.2, 0.25) is 5.91 Å². The molecular weight excluding hydrogens is 409 g/mol. The van der Waals surface area contributed by atoms with Crippen LogP contribution in [0.4, 0.5) is 0 Å². The van der Waals surface area contributed by atoms with E-state index in [0.29, 0.717) is 34.7 Å². The number of piperidine rings is 2. The zero-order chi connectivity index (χ0) is 20.4. The summed E-state index contributed by atoms with van der Waals surface area (Å²) in [6.07, 6.45) is 6.48. The lowest BCUT2D eigenvalue weighted by molar-refractivity contribution is -0.138. The second-order valence-corrected chi connectivity index (χ2v) is 9.33. The number of likely N-dealkylation sites (tertiary alicyclic amines) is 3. The second kappa shape index (κ2) is 9.23. The molecule has 1 aromatic rings. The number of rotatable bonds is 3. The van der Waals surface area contributed by atoms with Gasteiger partial charge in [0.25, 0.3) is 5.91 Å². The lowest BCUT2D eigenvalue weighted by Gasteiger charge is -2.40. The van der Waals surface area contributed by atoms with E-state index in [1.165, 1.54) is 25.9 Å². The summed E-state index contributed by atoms with van der Waals surface area (Å²) < 4.78 is 0. The van der Waals surface area contributed by atoms with Gasteiger partial charge in [-0.1, -0.05) is 23.2 Å². The minimum Gasteiger partial charge on any atom is -0.342 e. The maximum absolute atomic E-state index is 13.1. The first-order valence-corrected chi connectivity index (χ1v) is 11.6. The molecule has 2 amide bonds. The van der Waals surface area contributed by atoms with Crippen LogP contribution in [0.2, 0.25) is 10.0 Å². The highest BCUT2D eigenvalue weighted by Gasteiger charge is 2.34. The fourth-order valence-electron chi connectivity index (χ4n) is 4.99. The number of amides is 2. The van der Waals surface area contributed by atoms with Gasteiger partial charge in [0.05, 0.1) is 16.0 Å². The number of nitrogens with zero attached hydrogens (tertiary/aromatic N) is 3. The fraction of sp³-hybridized carbons (Fsp3) is 0.636. The third kappa shape index (κ3) is 4.73. The van der Waals surface area contributed by atoms with E-state index < -0.39 is 0 Å². The van der Waals surface area contributed by atoms with Crippen LogP contribution >= 0.6 is 23.2 Å². The van der Waals surface area contributed by atoms with Crippen LogP contribution in [0, 0.1) is 5.92 Å². The monoisotopic (exact) mass is 437 g/mol. The van der Waals surface area contributed by atoms with E-state index in [-0.39, 0.29) is 17.7 Å². The highest BCUT2D eigenvalue weighted by atomic mass is 35.5. The van der Waals surface area contributed by atoms with Crippen molar-refractivity contribution in [3.63, 3.8) is 0 Å². The average molecular weight is 438 g/mol. The van der Waals surface area contributed by atoms with Gasteiger partial charge in [-0.05, 0) is 69.8 Å². The molecule has 0 saturated carbocycles. The summed E-state index contributed by atoms with van der Waals surface area (Å²) >= 11 is 12.0. The van der Waals surface area contributed by atoms with Crippen LogP contribution < -0.4 is 0 Å². The summed E-state index contributed by atoms with van der Waals surface area (Å²) in [5, 5.41) is 0.815. The van der Waals surface area contributed by atoms with Gasteiger partial charge < -0.3 is 14.7 Å². The van der Waals surface area contributed by atoms with Crippen LogP contribution in [-0.2, 0) is 4.79 Å². The predicted molar refractivity (Wildman–Crippen MR) is 115 cm³/mol. The Morgan fingerprint density at radius 3 is 2.24 bits per heavy atom. The lowest BCUT2D eigenvalue weighted by atomic mass is 9.94. The summed E-state index contributed by atoms with van der Waals surface area (Å²) in [6, 6.07) is 5.60. The van der Waals surface area contributed by atoms with Gasteiger partial charge in [-0.2, -0.15) is 0 Å². The first-order chi connectivity index (χ1) is 14.0. The number of hydrogen-bond acceptors (Lipinski definition) is 3. The van der Waals surface area contributed by atoms with E-state index in [9.17, 15) is 9.59 Å². The molecule has 0 aliphatic carbocycles. The van der Waals surface area contributed by atoms with E-state index in [2.05, 4.69) is 4.90 Å². The van der Waals surface area contributed by atoms with E-state index in [1.54, 1.807) is 23.1 Å². The third-order valence-corrected chi connectivity index (χ3v) is 7.40. The van der Waals surface area contributed by atoms with Crippen LogP contribution in [0.1, 0.15) is 48.9 Å². The molecule has 1 aromatic carbocycles. The minimum absolute atomic E-state index is 0.0752. The summed E-state index contributed by atoms with van der Waals surface area (Å²) in [5.41, 5.74) is 0.527. The minimum atomic E-state index is -0.0983. The lowest BCUT2D eigenvalue weighted by Crippen LogP contribution is -2.51. The molecule has 3 aliphatic heterocycles. The maximum atomic E-state index is 13.1. The molecule has 0 spiro atoms. The summed E-state index contributed by atoms with van der Waals surface area (Å²) in [5.74, 6) is 0.0455. The second-order valence-electron chi connectivity index (χ2n) is 8.52. The van der Waals surface area contributed by atoms with Crippen LogP contribution in [0.3, 0.4) is 0 Å². The topological polar surface area (TPSA) is 43.9 Å². The van der Waals surface area contributed by atoms with Crippen LogP contribution in [0.5, 0.6) is 0 Å². The molecule has 5 nitrogen and oxygen atoms in total. The van der Waals surface area contributed by atoms with Crippen LogP contribution in [0.15, 0.2) is 18.2 Å². The first kappa shape index (κ1) is 21.0. The average Bonchev–Trinajstić information content (AvgIpc) is 3.30. The van der Waals surface area contributed by atoms with Gasteiger partial charge >= 0.3 is 0 Å². The van der Waals surface area contributed by atoms with Crippen molar-refractivity contribution in [1.29, 1.82) is 0 Å². The van der Waals surface area contributed by atoms with E-state index in [0.717, 1.165) is 38.8 Å². The number of carbonyl (C=O) groups is 2. The largest absolute Gasteiger partial charge is 0.342 e. The molecule has 1 unspecified atom stereocenters. The Balaban J connectivity index is 1.33. The van der Waals surface area contributed by atoms with E-state index in [1.807, 2.05) is 4.90 Å². The van der Waals surface area contributed by atoms with Gasteiger partial charge in [-0.3, -0.25) is 9.59 Å². The molecule has 7 heteroatoms. The smallest absolute Gasteiger partial charge is 0.253 e. The van der Waals surface area contributed by atoms with Gasteiger partial charge in [-0.15, -0.1) is 0 Å². The molecule has 3 heterocycles. The van der Waals surface area contributed by atoms with Crippen molar-refractivity contribution in [3.8, 4) is 0 Å². The molecule has 29 heavy (non-hydrogen) atoms. The molecule has 0 bridgehead atoms. The molecule has 3 saturated heterocycles. The standard InChI is InChI=1S/C22H29Cl2N3O2/c23-19-6-5-16(14-20(19)24)21(28)27-11-3-4-17(15-27)22(29)26-12-7-18(8-13-26)25-9-1-2-10-25/h5-6,14,17-18H,1-4,7-13,15H2. The third-order valence-electron chi connectivity index (χ3n) is 6.66. The molecule has 0 N–H and O–H groups in total. The quantitative estimate of drug-likeness (QED) is 0.719. The fourth-order valence-corrected chi connectivity index (χ4v) is 5.29. The highest BCUT2D eigenvalue weighted by Crippen LogP contribution is 2.27. The van der Waals surface area contributed by atoms with E-state index in [4.69, 9.17) is 23.2 Å². The van der Waals surface area contributed by atoms with Crippen molar-refractivity contribution >= 4 is 35.0 Å². The predicted octanol–water partition coefficient (Wildman–Crippen LogP) is 3.93. The zero-order valence-corrected chi connectivity index (χ0v) is 18.3. The Hall–Kier alpha value is -1.30. The highest BCUT2D eigenvalue weighted by molar-refractivity contribution is 6.42. The Morgan fingerprint density at radius 1 is 0.828 bits per heavy atom. The summed E-state index contributed by atoms with van der Waals surface area (Å²) in [4.78, 5) is 32.4. The van der Waals surface area contributed by atoms with Crippen molar-refractivity contribution < 1.29 is 9.59 Å². The number of hydrogen-bond donors (Lipinski definition) is 0. The van der Waals surface area contributed by atoms with Crippen molar-refractivity contribution in [3.05, 3.63) is 33.8 Å². The van der Waals surface area contributed by atoms with Crippen LogP contribution in [-0.4, -0.2) is 71.8 Å². The molecule has 0 aromatic heterocycles. The number of carbonyl (C=O) groups excluding carboxylic acids is 2. The first-order valence-electron chi connectivity index (χ1n) is 10.8. The van der Waals surface area contributed by atoms with Gasteiger partial charge in [0, 0.05) is 37.8 Å². The van der Waals surface area contributed by atoms with Crippen molar-refractivity contribution in [2.75, 3.05) is 39.3 Å². The van der Waals surface area contributed by atoms with Gasteiger partial charge in [-0.25, -0.2) is 0 Å². The van der Waals surface area contributed by atoms with Crippen LogP contribution in [0.25, 0.3) is 0 Å². The van der Waals surface area contributed by atoms with E-state index >= 15 is 0 Å². The van der Waals surface area contributed by atoms with Crippen molar-refractivity contribution in [2.45, 2.75) is 44.6 Å². The molecular formula is C22H29Cl2N3O2. The SMILES string of the molecule is O=C(c1ccc(Cl)c(Cl)c1)N1CCCC(C(=O)N2CCC(N3CCCC3)CC2)C1. The summed E-state index contributed by atoms with van der Waals surface area (Å²) in [7, 11) is 0. The molecule has 158 valence electrons. The maximum Gasteiger partial charge on any atom is 0.253 e. The Morgan fingerprint density at radius 2 is 1.55 bits per heavy atom. The number of benzene rings is 1. The van der Waals surface area contributed by atoms with Gasteiger partial charge in [0.15, 0.2) is 0 Å². The Labute approximate surface area is 182 Å². The van der Waals surface area contributed by atoms with Crippen molar-refractivity contribution in [2.24, 2.45) is 5.92 Å². The molecule has 1 atom stereocenters. The number of halogens is 2. The molecule has 0 radical (unpaired) electrons. The normalized spacial score (nSPS) is 24.1. The van der Waals surface area contributed by atoms with Gasteiger partial charge in [0.1, 0.15) is 0 Å². The molecule has 3 fully saturated rings. The molecule has 3 aliphatic rings. The summed E-state index contributed by atoms with van der Waals surface area (Å²) in [6.45, 7) is 5.29. The zero-order valence-electron chi connectivity index (χ0n) is 16.8. The van der Waals surface area contributed by atoms with Crippen molar-refractivity contribution in [1.82, 2.24) is 14.7 Å². The Bertz CT molecular complexity index is 758. The molecule has 4 rings (SSSR count).